The lowest BCUT2D eigenvalue weighted by Gasteiger charge is -2.14. The van der Waals surface area contributed by atoms with Gasteiger partial charge in [0.15, 0.2) is 0 Å². The summed E-state index contributed by atoms with van der Waals surface area (Å²) in [6.45, 7) is 5.95. The second-order valence-corrected chi connectivity index (χ2v) is 4.29. The number of allylic oxidation sites excluding steroid dienone is 3. The summed E-state index contributed by atoms with van der Waals surface area (Å²) >= 11 is 0. The van der Waals surface area contributed by atoms with Crippen LogP contribution in [0.5, 0.6) is 0 Å². The van der Waals surface area contributed by atoms with Gasteiger partial charge in [-0.15, -0.1) is 0 Å². The molecule has 0 aromatic carbocycles. The summed E-state index contributed by atoms with van der Waals surface area (Å²) < 4.78 is 0. The molecule has 0 radical (unpaired) electrons. The van der Waals surface area contributed by atoms with Crippen LogP contribution in [0, 0.1) is 11.8 Å². The number of nitrogens with one attached hydrogen (secondary N) is 1. The van der Waals surface area contributed by atoms with E-state index < -0.39 is 11.9 Å². The van der Waals surface area contributed by atoms with E-state index in [1.54, 1.807) is 12.2 Å². The molecule has 0 aliphatic carbocycles. The summed E-state index contributed by atoms with van der Waals surface area (Å²) in [6.07, 6.45) is 7.11. The van der Waals surface area contributed by atoms with Crippen LogP contribution in [0.4, 0.5) is 0 Å². The lowest BCUT2D eigenvalue weighted by molar-refractivity contribution is -0.142. The molecule has 0 rings (SSSR count). The van der Waals surface area contributed by atoms with Crippen molar-refractivity contribution < 1.29 is 14.7 Å². The van der Waals surface area contributed by atoms with Crippen LogP contribution in [0.1, 0.15) is 27.2 Å². The van der Waals surface area contributed by atoms with E-state index in [0.29, 0.717) is 12.3 Å². The molecule has 0 aliphatic heterocycles. The Bertz CT molecular complexity index is 306. The highest BCUT2D eigenvalue weighted by Gasteiger charge is 2.18. The molecule has 0 aliphatic rings. The number of aliphatic carboxylic acids is 1. The summed E-state index contributed by atoms with van der Waals surface area (Å²) in [5.74, 6) is -1.35. The maximum absolute atomic E-state index is 11.3. The van der Waals surface area contributed by atoms with Gasteiger partial charge in [0.1, 0.15) is 0 Å². The second kappa shape index (κ2) is 8.56. The van der Waals surface area contributed by atoms with Crippen molar-refractivity contribution in [2.75, 3.05) is 6.54 Å². The van der Waals surface area contributed by atoms with Gasteiger partial charge in [0.25, 0.3) is 0 Å². The highest BCUT2D eigenvalue weighted by atomic mass is 16.4. The van der Waals surface area contributed by atoms with E-state index in [2.05, 4.69) is 5.32 Å². The van der Waals surface area contributed by atoms with Gasteiger partial charge in [-0.1, -0.05) is 32.1 Å². The Morgan fingerprint density at radius 1 is 1.29 bits per heavy atom. The van der Waals surface area contributed by atoms with E-state index >= 15 is 0 Å². The van der Waals surface area contributed by atoms with Gasteiger partial charge in [-0.05, 0) is 19.3 Å². The van der Waals surface area contributed by atoms with Crippen molar-refractivity contribution in [3.63, 3.8) is 0 Å². The molecule has 0 aromatic rings. The average Bonchev–Trinajstić information content (AvgIpc) is 2.23. The van der Waals surface area contributed by atoms with Crippen molar-refractivity contribution in [3.05, 3.63) is 24.3 Å². The maximum Gasteiger partial charge on any atom is 0.308 e. The highest BCUT2D eigenvalue weighted by molar-refractivity contribution is 5.88. The second-order valence-electron chi connectivity index (χ2n) is 4.29. The molecule has 2 N–H and O–H groups in total. The van der Waals surface area contributed by atoms with Crippen LogP contribution < -0.4 is 5.32 Å². The van der Waals surface area contributed by atoms with Gasteiger partial charge in [-0.3, -0.25) is 9.59 Å². The SMILES string of the molecule is CC=CC=CC(=O)NCC(CC(C)C)C(=O)O. The predicted octanol–water partition coefficient (Wildman–Crippen LogP) is 1.98. The van der Waals surface area contributed by atoms with Gasteiger partial charge in [0, 0.05) is 12.6 Å². The standard InChI is InChI=1S/C13H21NO3/c1-4-5-6-7-12(15)14-9-11(13(16)17)8-10(2)3/h4-7,10-11H,8-9H2,1-3H3,(H,14,15)(H,16,17). The minimum atomic E-state index is -0.864. The Kier molecular flexibility index (Phi) is 7.76. The van der Waals surface area contributed by atoms with Gasteiger partial charge >= 0.3 is 5.97 Å². The Hall–Kier alpha value is -1.58. The Morgan fingerprint density at radius 3 is 2.41 bits per heavy atom. The van der Waals surface area contributed by atoms with Crippen molar-refractivity contribution >= 4 is 11.9 Å². The van der Waals surface area contributed by atoms with E-state index in [9.17, 15) is 9.59 Å². The van der Waals surface area contributed by atoms with Crippen molar-refractivity contribution in [3.8, 4) is 0 Å². The molecule has 1 atom stereocenters. The number of amides is 1. The third-order valence-electron chi connectivity index (χ3n) is 2.18. The van der Waals surface area contributed by atoms with Gasteiger partial charge in [-0.2, -0.15) is 0 Å². The molecule has 0 aromatic heterocycles. The van der Waals surface area contributed by atoms with E-state index in [-0.39, 0.29) is 12.5 Å². The van der Waals surface area contributed by atoms with Crippen LogP contribution in [-0.4, -0.2) is 23.5 Å². The average molecular weight is 239 g/mol. The molecular formula is C13H21NO3. The number of hydrogen-bond donors (Lipinski definition) is 2. The lowest BCUT2D eigenvalue weighted by atomic mass is 9.97. The molecule has 0 saturated carbocycles. The highest BCUT2D eigenvalue weighted by Crippen LogP contribution is 2.10. The van der Waals surface area contributed by atoms with Crippen LogP contribution in [0.2, 0.25) is 0 Å². The van der Waals surface area contributed by atoms with E-state index in [1.165, 1.54) is 6.08 Å². The van der Waals surface area contributed by atoms with Crippen LogP contribution in [-0.2, 0) is 9.59 Å². The normalized spacial score (nSPS) is 13.4. The molecular weight excluding hydrogens is 218 g/mol. The summed E-state index contributed by atoms with van der Waals surface area (Å²) in [7, 11) is 0. The molecule has 0 spiro atoms. The molecule has 4 nitrogen and oxygen atoms in total. The minimum Gasteiger partial charge on any atom is -0.481 e. The Labute approximate surface area is 102 Å². The number of carboxylic acids is 1. The van der Waals surface area contributed by atoms with Gasteiger partial charge in [0.05, 0.1) is 5.92 Å². The van der Waals surface area contributed by atoms with Crippen LogP contribution in [0.25, 0.3) is 0 Å². The zero-order valence-corrected chi connectivity index (χ0v) is 10.6. The van der Waals surface area contributed by atoms with Crippen molar-refractivity contribution in [1.29, 1.82) is 0 Å². The van der Waals surface area contributed by atoms with E-state index in [4.69, 9.17) is 5.11 Å². The summed E-state index contributed by atoms with van der Waals surface area (Å²) in [4.78, 5) is 22.2. The van der Waals surface area contributed by atoms with E-state index in [1.807, 2.05) is 26.8 Å². The van der Waals surface area contributed by atoms with Gasteiger partial charge < -0.3 is 10.4 Å². The third-order valence-corrected chi connectivity index (χ3v) is 2.18. The fourth-order valence-electron chi connectivity index (χ4n) is 1.38. The number of carbonyl (C=O) groups excluding carboxylic acids is 1. The fourth-order valence-corrected chi connectivity index (χ4v) is 1.38. The third kappa shape index (κ3) is 8.25. The maximum atomic E-state index is 11.3. The molecule has 0 heterocycles. The smallest absolute Gasteiger partial charge is 0.308 e. The molecule has 0 fully saturated rings. The van der Waals surface area contributed by atoms with Crippen molar-refractivity contribution in [1.82, 2.24) is 5.32 Å². The first kappa shape index (κ1) is 15.4. The summed E-state index contributed by atoms with van der Waals surface area (Å²) in [5, 5.41) is 11.6. The van der Waals surface area contributed by atoms with Crippen molar-refractivity contribution in [2.45, 2.75) is 27.2 Å². The van der Waals surface area contributed by atoms with Crippen LogP contribution in [0.3, 0.4) is 0 Å². The number of carbonyl (C=O) groups is 2. The van der Waals surface area contributed by atoms with Crippen LogP contribution in [0.15, 0.2) is 24.3 Å². The predicted molar refractivity (Wildman–Crippen MR) is 67.5 cm³/mol. The van der Waals surface area contributed by atoms with Crippen molar-refractivity contribution in [2.24, 2.45) is 11.8 Å². The number of carboxylic acid groups (broad SMARTS) is 1. The molecule has 0 saturated heterocycles. The monoisotopic (exact) mass is 239 g/mol. The zero-order chi connectivity index (χ0) is 13.3. The fraction of sp³-hybridized carbons (Fsp3) is 0.538. The Balaban J connectivity index is 4.12. The minimum absolute atomic E-state index is 0.173. The lowest BCUT2D eigenvalue weighted by Crippen LogP contribution is -2.32. The molecule has 4 heteroatoms. The molecule has 0 bridgehead atoms. The van der Waals surface area contributed by atoms with E-state index in [0.717, 1.165) is 0 Å². The first-order chi connectivity index (χ1) is 7.97. The Morgan fingerprint density at radius 2 is 1.94 bits per heavy atom. The topological polar surface area (TPSA) is 66.4 Å². The molecule has 1 unspecified atom stereocenters. The summed E-state index contributed by atoms with van der Waals surface area (Å²) in [6, 6.07) is 0. The number of rotatable bonds is 7. The molecule has 1 amide bonds. The zero-order valence-electron chi connectivity index (χ0n) is 10.6. The first-order valence-corrected chi connectivity index (χ1v) is 5.77. The van der Waals surface area contributed by atoms with Gasteiger partial charge in [-0.25, -0.2) is 0 Å². The largest absolute Gasteiger partial charge is 0.481 e. The summed E-state index contributed by atoms with van der Waals surface area (Å²) in [5.41, 5.74) is 0. The number of hydrogen-bond acceptors (Lipinski definition) is 2. The quantitative estimate of drug-likeness (QED) is 0.527. The van der Waals surface area contributed by atoms with Gasteiger partial charge in [0.2, 0.25) is 5.91 Å². The molecule has 96 valence electrons. The molecule has 17 heavy (non-hydrogen) atoms. The van der Waals surface area contributed by atoms with Crippen LogP contribution >= 0.6 is 0 Å². The first-order valence-electron chi connectivity index (χ1n) is 5.77.